The van der Waals surface area contributed by atoms with Gasteiger partial charge in [-0.05, 0) is 11.6 Å². The van der Waals surface area contributed by atoms with E-state index in [-0.39, 0.29) is 5.91 Å². The van der Waals surface area contributed by atoms with Gasteiger partial charge in [0, 0.05) is 0 Å². The molecule has 0 aromatic heterocycles. The summed E-state index contributed by atoms with van der Waals surface area (Å²) in [6, 6.07) is 10.5. The Morgan fingerprint density at radius 1 is 1.50 bits per heavy atom. The molecular weight excluding hydrogens is 176 g/mol. The molecule has 1 rings (SSSR count). The van der Waals surface area contributed by atoms with Crippen molar-refractivity contribution < 1.29 is 4.79 Å². The maximum atomic E-state index is 11.0. The Labute approximate surface area is 82.7 Å². The van der Waals surface area contributed by atoms with Gasteiger partial charge in [0.2, 0.25) is 5.91 Å². The lowest BCUT2D eigenvalue weighted by Crippen LogP contribution is -2.25. The summed E-state index contributed by atoms with van der Waals surface area (Å²) in [6.07, 6.45) is 1.15. The second kappa shape index (κ2) is 4.83. The minimum Gasteiger partial charge on any atom is -0.333 e. The highest BCUT2D eigenvalue weighted by molar-refractivity contribution is 5.87. The van der Waals surface area contributed by atoms with Crippen LogP contribution in [-0.2, 0) is 4.79 Å². The fourth-order valence-electron chi connectivity index (χ4n) is 1.04. The van der Waals surface area contributed by atoms with Crippen LogP contribution in [0.4, 0.5) is 0 Å². The van der Waals surface area contributed by atoms with Gasteiger partial charge in [-0.1, -0.05) is 36.9 Å². The monoisotopic (exact) mass is 186 g/mol. The molecule has 1 aromatic rings. The van der Waals surface area contributed by atoms with Crippen LogP contribution in [-0.4, -0.2) is 5.91 Å². The number of nitriles is 1. The van der Waals surface area contributed by atoms with E-state index in [0.29, 0.717) is 0 Å². The lowest BCUT2D eigenvalue weighted by Gasteiger charge is -2.09. The standard InChI is InChI=1S/C11H10N2O/c1-2-11(14)13-10(8-12)9-6-4-3-5-7-9/h2-7,10H,1H2,(H,13,14). The number of hydrogen-bond acceptors (Lipinski definition) is 2. The molecule has 0 spiro atoms. The van der Waals surface area contributed by atoms with Gasteiger partial charge in [0.05, 0.1) is 6.07 Å². The fraction of sp³-hybridized carbons (Fsp3) is 0.0909. The van der Waals surface area contributed by atoms with Crippen molar-refractivity contribution in [3.63, 3.8) is 0 Å². The summed E-state index contributed by atoms with van der Waals surface area (Å²) in [5.41, 5.74) is 0.769. The first-order valence-electron chi connectivity index (χ1n) is 4.15. The minimum atomic E-state index is -0.610. The molecule has 3 heteroatoms. The van der Waals surface area contributed by atoms with Crippen LogP contribution in [0, 0.1) is 11.3 Å². The van der Waals surface area contributed by atoms with Crippen LogP contribution in [0.25, 0.3) is 0 Å². The van der Waals surface area contributed by atoms with Crippen molar-refractivity contribution >= 4 is 5.91 Å². The molecule has 0 bridgehead atoms. The van der Waals surface area contributed by atoms with Crippen molar-refractivity contribution in [3.05, 3.63) is 48.6 Å². The molecule has 1 aromatic carbocycles. The first-order chi connectivity index (χ1) is 6.77. The molecule has 1 atom stereocenters. The van der Waals surface area contributed by atoms with Crippen molar-refractivity contribution in [1.82, 2.24) is 5.32 Å². The van der Waals surface area contributed by atoms with Gasteiger partial charge in [-0.2, -0.15) is 5.26 Å². The SMILES string of the molecule is C=CC(=O)NC(C#N)c1ccccc1. The Morgan fingerprint density at radius 3 is 2.64 bits per heavy atom. The highest BCUT2D eigenvalue weighted by Gasteiger charge is 2.10. The molecule has 1 amide bonds. The first-order valence-corrected chi connectivity index (χ1v) is 4.15. The van der Waals surface area contributed by atoms with E-state index in [2.05, 4.69) is 11.9 Å². The van der Waals surface area contributed by atoms with E-state index >= 15 is 0 Å². The average molecular weight is 186 g/mol. The van der Waals surface area contributed by atoms with Crippen molar-refractivity contribution in [2.45, 2.75) is 6.04 Å². The summed E-state index contributed by atoms with van der Waals surface area (Å²) in [5, 5.41) is 11.3. The van der Waals surface area contributed by atoms with Gasteiger partial charge in [-0.3, -0.25) is 4.79 Å². The van der Waals surface area contributed by atoms with E-state index in [4.69, 9.17) is 5.26 Å². The zero-order valence-corrected chi connectivity index (χ0v) is 7.60. The van der Waals surface area contributed by atoms with Gasteiger partial charge >= 0.3 is 0 Å². The van der Waals surface area contributed by atoms with E-state index in [1.54, 1.807) is 12.1 Å². The molecule has 0 fully saturated rings. The number of rotatable bonds is 3. The van der Waals surface area contributed by atoms with Gasteiger partial charge < -0.3 is 5.32 Å². The highest BCUT2D eigenvalue weighted by Crippen LogP contribution is 2.10. The van der Waals surface area contributed by atoms with E-state index in [1.807, 2.05) is 24.3 Å². The molecule has 0 saturated carbocycles. The highest BCUT2D eigenvalue weighted by atomic mass is 16.1. The van der Waals surface area contributed by atoms with Crippen molar-refractivity contribution in [1.29, 1.82) is 5.26 Å². The molecule has 14 heavy (non-hydrogen) atoms. The topological polar surface area (TPSA) is 52.9 Å². The molecule has 0 aliphatic rings. The van der Waals surface area contributed by atoms with E-state index in [1.165, 1.54) is 0 Å². The van der Waals surface area contributed by atoms with E-state index in [9.17, 15) is 4.79 Å². The fourth-order valence-corrected chi connectivity index (χ4v) is 1.04. The lowest BCUT2D eigenvalue weighted by molar-refractivity contribution is -0.116. The van der Waals surface area contributed by atoms with Crippen molar-refractivity contribution in [2.24, 2.45) is 0 Å². The smallest absolute Gasteiger partial charge is 0.244 e. The van der Waals surface area contributed by atoms with Crippen LogP contribution >= 0.6 is 0 Å². The molecule has 0 heterocycles. The summed E-state index contributed by atoms with van der Waals surface area (Å²) >= 11 is 0. The Balaban J connectivity index is 2.79. The molecule has 0 saturated heterocycles. The largest absolute Gasteiger partial charge is 0.333 e. The van der Waals surface area contributed by atoms with E-state index < -0.39 is 6.04 Å². The maximum absolute atomic E-state index is 11.0. The third-order valence-electron chi connectivity index (χ3n) is 1.73. The van der Waals surface area contributed by atoms with Gasteiger partial charge in [0.1, 0.15) is 6.04 Å². The minimum absolute atomic E-state index is 0.347. The number of carbonyl (C=O) groups is 1. The van der Waals surface area contributed by atoms with Crippen LogP contribution in [0.3, 0.4) is 0 Å². The molecule has 0 aliphatic carbocycles. The molecule has 3 nitrogen and oxygen atoms in total. The second-order valence-electron chi connectivity index (χ2n) is 2.69. The Kier molecular flexibility index (Phi) is 3.45. The van der Waals surface area contributed by atoms with E-state index in [0.717, 1.165) is 11.6 Å². The quantitative estimate of drug-likeness (QED) is 0.728. The summed E-state index contributed by atoms with van der Waals surface area (Å²) in [7, 11) is 0. The van der Waals surface area contributed by atoms with Gasteiger partial charge in [0.25, 0.3) is 0 Å². The summed E-state index contributed by atoms with van der Waals surface area (Å²) in [6.45, 7) is 3.32. The Morgan fingerprint density at radius 2 is 2.14 bits per heavy atom. The molecule has 70 valence electrons. The molecule has 1 unspecified atom stereocenters. The number of nitrogens with one attached hydrogen (secondary N) is 1. The van der Waals surface area contributed by atoms with Crippen molar-refractivity contribution in [2.75, 3.05) is 0 Å². The number of benzene rings is 1. The zero-order chi connectivity index (χ0) is 10.4. The van der Waals surface area contributed by atoms with Crippen LogP contribution in [0.15, 0.2) is 43.0 Å². The predicted octanol–water partition coefficient (Wildman–Crippen LogP) is 1.55. The lowest BCUT2D eigenvalue weighted by atomic mass is 10.1. The van der Waals surface area contributed by atoms with Gasteiger partial charge in [-0.25, -0.2) is 0 Å². The van der Waals surface area contributed by atoms with Crippen LogP contribution in [0.2, 0.25) is 0 Å². The number of carbonyl (C=O) groups excluding carboxylic acids is 1. The molecular formula is C11H10N2O. The van der Waals surface area contributed by atoms with Crippen LogP contribution < -0.4 is 5.32 Å². The zero-order valence-electron chi connectivity index (χ0n) is 7.60. The summed E-state index contributed by atoms with van der Waals surface area (Å²) in [4.78, 5) is 11.0. The number of hydrogen-bond donors (Lipinski definition) is 1. The predicted molar refractivity (Wildman–Crippen MR) is 53.1 cm³/mol. The van der Waals surface area contributed by atoms with Crippen LogP contribution in [0.5, 0.6) is 0 Å². The third-order valence-corrected chi connectivity index (χ3v) is 1.73. The normalized spacial score (nSPS) is 11.1. The second-order valence-corrected chi connectivity index (χ2v) is 2.69. The van der Waals surface area contributed by atoms with Gasteiger partial charge in [-0.15, -0.1) is 0 Å². The molecule has 0 radical (unpaired) electrons. The summed E-state index contributed by atoms with van der Waals surface area (Å²) in [5.74, 6) is -0.347. The van der Waals surface area contributed by atoms with Crippen molar-refractivity contribution in [3.8, 4) is 6.07 Å². The maximum Gasteiger partial charge on any atom is 0.244 e. The molecule has 0 aliphatic heterocycles. The number of nitrogens with zero attached hydrogens (tertiary/aromatic N) is 1. The first kappa shape index (κ1) is 10.0. The van der Waals surface area contributed by atoms with Crippen LogP contribution in [0.1, 0.15) is 11.6 Å². The Hall–Kier alpha value is -2.08. The Bertz CT molecular complexity index is 365. The number of amides is 1. The van der Waals surface area contributed by atoms with Gasteiger partial charge in [0.15, 0.2) is 0 Å². The summed E-state index contributed by atoms with van der Waals surface area (Å²) < 4.78 is 0. The molecule has 1 N–H and O–H groups in total. The average Bonchev–Trinajstić information content (AvgIpc) is 2.26. The third kappa shape index (κ3) is 2.46.